The largest absolute Gasteiger partial charge is 0.354 e. The fourth-order valence-corrected chi connectivity index (χ4v) is 3.04. The third kappa shape index (κ3) is 4.25. The lowest BCUT2D eigenvalue weighted by Crippen LogP contribution is -2.48. The number of rotatable bonds is 9. The van der Waals surface area contributed by atoms with Gasteiger partial charge >= 0.3 is 0 Å². The second-order valence-corrected chi connectivity index (χ2v) is 6.23. The summed E-state index contributed by atoms with van der Waals surface area (Å²) >= 11 is 0. The van der Waals surface area contributed by atoms with Gasteiger partial charge in [-0.25, -0.2) is 0 Å². The van der Waals surface area contributed by atoms with Crippen LogP contribution in [0.25, 0.3) is 0 Å². The molecule has 2 rings (SSSR count). The molecule has 1 N–H and O–H groups in total. The number of fused-ring (bicyclic) bond motifs is 1. The zero-order chi connectivity index (χ0) is 18.4. The highest BCUT2D eigenvalue weighted by Crippen LogP contribution is 2.24. The number of hydrogen-bond donors (Lipinski definition) is 1. The SMILES string of the molecule is CCN(CC)CCCCNC(=O)C(C)N1C(=O)c2ccccc2C1=O. The van der Waals surface area contributed by atoms with Gasteiger partial charge in [0.2, 0.25) is 5.91 Å². The molecule has 3 amide bonds. The summed E-state index contributed by atoms with van der Waals surface area (Å²) in [4.78, 5) is 40.5. The number of carbonyl (C=O) groups is 3. The number of amides is 3. The summed E-state index contributed by atoms with van der Waals surface area (Å²) in [5, 5.41) is 2.83. The molecule has 6 heteroatoms. The van der Waals surface area contributed by atoms with E-state index in [9.17, 15) is 14.4 Å². The normalized spacial score (nSPS) is 14.8. The first-order valence-corrected chi connectivity index (χ1v) is 8.98. The number of benzene rings is 1. The van der Waals surface area contributed by atoms with Crippen molar-refractivity contribution in [2.45, 2.75) is 39.7 Å². The molecule has 6 nitrogen and oxygen atoms in total. The van der Waals surface area contributed by atoms with Gasteiger partial charge in [-0.2, -0.15) is 0 Å². The summed E-state index contributed by atoms with van der Waals surface area (Å²) in [5.41, 5.74) is 0.734. The number of hydrogen-bond acceptors (Lipinski definition) is 4. The van der Waals surface area contributed by atoms with Crippen molar-refractivity contribution < 1.29 is 14.4 Å². The second kappa shape index (κ2) is 8.76. The maximum Gasteiger partial charge on any atom is 0.262 e. The molecule has 0 aliphatic carbocycles. The first kappa shape index (κ1) is 19.1. The number of unbranched alkanes of at least 4 members (excludes halogenated alkanes) is 1. The molecular formula is C19H27N3O3. The van der Waals surface area contributed by atoms with E-state index in [4.69, 9.17) is 0 Å². The minimum atomic E-state index is -0.810. The van der Waals surface area contributed by atoms with Crippen LogP contribution < -0.4 is 5.32 Å². The Labute approximate surface area is 149 Å². The first-order chi connectivity index (χ1) is 12.0. The van der Waals surface area contributed by atoms with Crippen LogP contribution in [0.3, 0.4) is 0 Å². The molecule has 1 aliphatic rings. The van der Waals surface area contributed by atoms with E-state index in [0.717, 1.165) is 37.4 Å². The van der Waals surface area contributed by atoms with Gasteiger partial charge in [0, 0.05) is 6.54 Å². The fourth-order valence-electron chi connectivity index (χ4n) is 3.04. The quantitative estimate of drug-likeness (QED) is 0.548. The van der Waals surface area contributed by atoms with Crippen molar-refractivity contribution in [3.8, 4) is 0 Å². The summed E-state index contributed by atoms with van der Waals surface area (Å²) in [7, 11) is 0. The molecule has 0 saturated heterocycles. The molecule has 136 valence electrons. The van der Waals surface area contributed by atoms with Crippen molar-refractivity contribution in [3.63, 3.8) is 0 Å². The third-order valence-electron chi connectivity index (χ3n) is 4.69. The molecule has 0 bridgehead atoms. The Morgan fingerprint density at radius 1 is 1.08 bits per heavy atom. The van der Waals surface area contributed by atoms with Crippen molar-refractivity contribution in [2.75, 3.05) is 26.2 Å². The first-order valence-electron chi connectivity index (χ1n) is 8.98. The van der Waals surface area contributed by atoms with Crippen LogP contribution in [0.1, 0.15) is 54.3 Å². The van der Waals surface area contributed by atoms with Gasteiger partial charge < -0.3 is 10.2 Å². The Balaban J connectivity index is 1.83. The highest BCUT2D eigenvalue weighted by atomic mass is 16.2. The van der Waals surface area contributed by atoms with Crippen LogP contribution in [-0.4, -0.2) is 59.7 Å². The van der Waals surface area contributed by atoms with E-state index in [1.807, 2.05) is 0 Å². The maximum absolute atomic E-state index is 12.4. The summed E-state index contributed by atoms with van der Waals surface area (Å²) in [6.07, 6.45) is 1.88. The molecule has 25 heavy (non-hydrogen) atoms. The number of nitrogens with one attached hydrogen (secondary N) is 1. The van der Waals surface area contributed by atoms with Crippen LogP contribution in [-0.2, 0) is 4.79 Å². The smallest absolute Gasteiger partial charge is 0.262 e. The molecule has 0 saturated carbocycles. The van der Waals surface area contributed by atoms with Crippen LogP contribution in [0.5, 0.6) is 0 Å². The van der Waals surface area contributed by atoms with Crippen molar-refractivity contribution in [1.29, 1.82) is 0 Å². The van der Waals surface area contributed by atoms with Gasteiger partial charge in [0.05, 0.1) is 11.1 Å². The molecule has 0 spiro atoms. The van der Waals surface area contributed by atoms with E-state index >= 15 is 0 Å². The van der Waals surface area contributed by atoms with Crippen LogP contribution >= 0.6 is 0 Å². The monoisotopic (exact) mass is 345 g/mol. The van der Waals surface area contributed by atoms with Crippen LogP contribution in [0.2, 0.25) is 0 Å². The molecule has 1 atom stereocenters. The number of imide groups is 1. The Bertz CT molecular complexity index is 606. The van der Waals surface area contributed by atoms with E-state index in [-0.39, 0.29) is 5.91 Å². The Morgan fingerprint density at radius 2 is 1.64 bits per heavy atom. The van der Waals surface area contributed by atoms with Gasteiger partial charge in [-0.3, -0.25) is 19.3 Å². The molecule has 0 fully saturated rings. The Morgan fingerprint density at radius 3 is 2.16 bits per heavy atom. The molecule has 1 aromatic carbocycles. The van der Waals surface area contributed by atoms with Gasteiger partial charge in [0.1, 0.15) is 6.04 Å². The average molecular weight is 345 g/mol. The van der Waals surface area contributed by atoms with Gasteiger partial charge in [-0.1, -0.05) is 26.0 Å². The minimum absolute atomic E-state index is 0.294. The zero-order valence-electron chi connectivity index (χ0n) is 15.2. The molecule has 1 heterocycles. The van der Waals surface area contributed by atoms with E-state index in [1.54, 1.807) is 31.2 Å². The summed E-state index contributed by atoms with van der Waals surface area (Å²) < 4.78 is 0. The van der Waals surface area contributed by atoms with Crippen LogP contribution in [0.15, 0.2) is 24.3 Å². The van der Waals surface area contributed by atoms with Gasteiger partial charge in [-0.15, -0.1) is 0 Å². The Kier molecular flexibility index (Phi) is 6.70. The van der Waals surface area contributed by atoms with Crippen molar-refractivity contribution >= 4 is 17.7 Å². The third-order valence-corrected chi connectivity index (χ3v) is 4.69. The van der Waals surface area contributed by atoms with Crippen molar-refractivity contribution in [3.05, 3.63) is 35.4 Å². The van der Waals surface area contributed by atoms with E-state index in [0.29, 0.717) is 17.7 Å². The molecular weight excluding hydrogens is 318 g/mol. The molecule has 1 aliphatic heterocycles. The maximum atomic E-state index is 12.4. The lowest BCUT2D eigenvalue weighted by atomic mass is 10.1. The highest BCUT2D eigenvalue weighted by molar-refractivity contribution is 6.22. The standard InChI is InChI=1S/C19H27N3O3/c1-4-21(5-2)13-9-8-12-20-17(23)14(3)22-18(24)15-10-6-7-11-16(15)19(22)25/h6-7,10-11,14H,4-5,8-9,12-13H2,1-3H3,(H,20,23). The lowest BCUT2D eigenvalue weighted by Gasteiger charge is -2.22. The predicted octanol–water partition coefficient (Wildman–Crippen LogP) is 1.91. The van der Waals surface area contributed by atoms with Gasteiger partial charge in [-0.05, 0) is 51.5 Å². The summed E-state index contributed by atoms with van der Waals surface area (Å²) in [5.74, 6) is -1.09. The second-order valence-electron chi connectivity index (χ2n) is 6.23. The molecule has 0 aromatic heterocycles. The average Bonchev–Trinajstić information content (AvgIpc) is 2.88. The molecule has 1 unspecified atom stereocenters. The van der Waals surface area contributed by atoms with Gasteiger partial charge in [0.25, 0.3) is 11.8 Å². The fraction of sp³-hybridized carbons (Fsp3) is 0.526. The Hall–Kier alpha value is -2.21. The molecule has 1 aromatic rings. The lowest BCUT2D eigenvalue weighted by molar-refractivity contribution is -0.124. The van der Waals surface area contributed by atoms with E-state index < -0.39 is 17.9 Å². The summed E-state index contributed by atoms with van der Waals surface area (Å²) in [6, 6.07) is 5.86. The van der Waals surface area contributed by atoms with E-state index in [1.165, 1.54) is 0 Å². The zero-order valence-corrected chi connectivity index (χ0v) is 15.2. The predicted molar refractivity (Wildman–Crippen MR) is 96.4 cm³/mol. The number of nitrogens with zero attached hydrogens (tertiary/aromatic N) is 2. The highest BCUT2D eigenvalue weighted by Gasteiger charge is 2.40. The van der Waals surface area contributed by atoms with Crippen molar-refractivity contribution in [1.82, 2.24) is 15.1 Å². The number of carbonyl (C=O) groups excluding carboxylic acids is 3. The van der Waals surface area contributed by atoms with Crippen molar-refractivity contribution in [2.24, 2.45) is 0 Å². The van der Waals surface area contributed by atoms with Crippen LogP contribution in [0, 0.1) is 0 Å². The van der Waals surface area contributed by atoms with Crippen LogP contribution in [0.4, 0.5) is 0 Å². The summed E-state index contributed by atoms with van der Waals surface area (Å²) in [6.45, 7) is 9.47. The topological polar surface area (TPSA) is 69.7 Å². The van der Waals surface area contributed by atoms with Gasteiger partial charge in [0.15, 0.2) is 0 Å². The van der Waals surface area contributed by atoms with E-state index in [2.05, 4.69) is 24.1 Å². The minimum Gasteiger partial charge on any atom is -0.354 e. The molecule has 0 radical (unpaired) electrons.